The fraction of sp³-hybridized carbons (Fsp3) is 0.895. The molecule has 0 amide bonds. The first-order valence-electron chi connectivity index (χ1n) is 9.27. The summed E-state index contributed by atoms with van der Waals surface area (Å²) >= 11 is 0. The Kier molecular flexibility index (Phi) is 7.97. The second kappa shape index (κ2) is 9.73. The summed E-state index contributed by atoms with van der Waals surface area (Å²) in [6.07, 6.45) is 5.86. The third-order valence-electron chi connectivity index (χ3n) is 5.42. The molecule has 2 saturated carbocycles. The summed E-state index contributed by atoms with van der Waals surface area (Å²) in [5, 5.41) is 0. The molecular weight excluding hydrogens is 298 g/mol. The molecule has 4 heteroatoms. The molecular formula is C19H32F2O2. The van der Waals surface area contributed by atoms with Crippen LogP contribution in [0.2, 0.25) is 0 Å². The Hall–Kier alpha value is -0.480. The van der Waals surface area contributed by atoms with E-state index in [9.17, 15) is 8.78 Å². The van der Waals surface area contributed by atoms with E-state index in [-0.39, 0.29) is 0 Å². The van der Waals surface area contributed by atoms with Crippen LogP contribution in [-0.4, -0.2) is 37.8 Å². The van der Waals surface area contributed by atoms with Crippen LogP contribution < -0.4 is 0 Å². The topological polar surface area (TPSA) is 18.5 Å². The minimum atomic E-state index is -1.55. The molecule has 2 aliphatic rings. The second-order valence-electron chi connectivity index (χ2n) is 7.08. The van der Waals surface area contributed by atoms with E-state index in [0.29, 0.717) is 32.0 Å². The lowest BCUT2D eigenvalue weighted by Gasteiger charge is -2.36. The van der Waals surface area contributed by atoms with Gasteiger partial charge in [-0.25, -0.2) is 8.78 Å². The van der Waals surface area contributed by atoms with Crippen molar-refractivity contribution >= 4 is 0 Å². The Morgan fingerprint density at radius 1 is 0.913 bits per heavy atom. The van der Waals surface area contributed by atoms with Crippen molar-refractivity contribution in [2.45, 2.75) is 82.8 Å². The molecule has 2 nitrogen and oxygen atoms in total. The van der Waals surface area contributed by atoms with Gasteiger partial charge in [-0.15, -0.1) is 6.58 Å². The third-order valence-corrected chi connectivity index (χ3v) is 5.42. The highest BCUT2D eigenvalue weighted by atomic mass is 19.2. The Balaban J connectivity index is 1.67. The van der Waals surface area contributed by atoms with Gasteiger partial charge in [0.1, 0.15) is 0 Å². The summed E-state index contributed by atoms with van der Waals surface area (Å²) in [6.45, 7) is 6.59. The molecule has 0 aromatic heterocycles. The zero-order valence-corrected chi connectivity index (χ0v) is 14.4. The first kappa shape index (κ1) is 18.9. The average molecular weight is 330 g/mol. The van der Waals surface area contributed by atoms with Gasteiger partial charge in [-0.2, -0.15) is 0 Å². The Morgan fingerprint density at radius 2 is 1.48 bits per heavy atom. The number of rotatable bonds is 8. The van der Waals surface area contributed by atoms with Crippen LogP contribution >= 0.6 is 0 Å². The molecule has 23 heavy (non-hydrogen) atoms. The molecule has 0 saturated heterocycles. The molecule has 0 aromatic carbocycles. The van der Waals surface area contributed by atoms with Crippen LogP contribution in [0.5, 0.6) is 0 Å². The number of alkyl halides is 2. The highest BCUT2D eigenvalue weighted by Gasteiger charge is 2.41. The van der Waals surface area contributed by atoms with E-state index in [4.69, 9.17) is 9.47 Å². The van der Waals surface area contributed by atoms with Crippen molar-refractivity contribution in [2.75, 3.05) is 13.2 Å². The van der Waals surface area contributed by atoms with Crippen LogP contribution in [0, 0.1) is 11.8 Å². The van der Waals surface area contributed by atoms with Crippen molar-refractivity contribution < 1.29 is 18.3 Å². The van der Waals surface area contributed by atoms with Gasteiger partial charge in [0.05, 0.1) is 12.2 Å². The Morgan fingerprint density at radius 3 is 2.04 bits per heavy atom. The maximum Gasteiger partial charge on any atom is 0.160 e. The quantitative estimate of drug-likeness (QED) is 0.582. The molecule has 4 unspecified atom stereocenters. The zero-order valence-electron chi connectivity index (χ0n) is 14.4. The van der Waals surface area contributed by atoms with Gasteiger partial charge in [0.15, 0.2) is 12.3 Å². The maximum atomic E-state index is 14.2. The molecule has 0 aliphatic heterocycles. The van der Waals surface area contributed by atoms with Gasteiger partial charge in [0.25, 0.3) is 0 Å². The van der Waals surface area contributed by atoms with E-state index in [1.807, 2.05) is 13.0 Å². The minimum Gasteiger partial charge on any atom is -0.375 e. The molecule has 0 radical (unpaired) electrons. The monoisotopic (exact) mass is 330 g/mol. The number of hydrogen-bond acceptors (Lipinski definition) is 2. The fourth-order valence-electron chi connectivity index (χ4n) is 3.92. The SMILES string of the molecule is C=CCCC1CCC(COC2CCC(OCC)C(F)C2F)CC1. The minimum absolute atomic E-state index is 0.429. The van der Waals surface area contributed by atoms with E-state index in [1.165, 1.54) is 19.3 Å². The smallest absolute Gasteiger partial charge is 0.160 e. The van der Waals surface area contributed by atoms with Crippen molar-refractivity contribution in [1.29, 1.82) is 0 Å². The summed E-state index contributed by atoms with van der Waals surface area (Å²) in [4.78, 5) is 0. The van der Waals surface area contributed by atoms with Gasteiger partial charge in [-0.05, 0) is 57.3 Å². The van der Waals surface area contributed by atoms with Crippen LogP contribution in [0.15, 0.2) is 12.7 Å². The lowest BCUT2D eigenvalue weighted by atomic mass is 9.80. The molecule has 0 bridgehead atoms. The molecule has 0 spiro atoms. The van der Waals surface area contributed by atoms with Crippen LogP contribution in [0.1, 0.15) is 58.3 Å². The summed E-state index contributed by atoms with van der Waals surface area (Å²) in [5.74, 6) is 1.31. The first-order chi connectivity index (χ1) is 11.2. The summed E-state index contributed by atoms with van der Waals surface area (Å²) in [5.41, 5.74) is 0. The van der Waals surface area contributed by atoms with Crippen LogP contribution in [0.3, 0.4) is 0 Å². The van der Waals surface area contributed by atoms with Crippen molar-refractivity contribution in [3.8, 4) is 0 Å². The molecule has 2 aliphatic carbocycles. The van der Waals surface area contributed by atoms with Crippen molar-refractivity contribution in [2.24, 2.45) is 11.8 Å². The summed E-state index contributed by atoms with van der Waals surface area (Å²) < 4.78 is 39.2. The van der Waals surface area contributed by atoms with Gasteiger partial charge in [-0.3, -0.25) is 0 Å². The predicted molar refractivity (Wildman–Crippen MR) is 89.1 cm³/mol. The number of halogens is 2. The predicted octanol–water partition coefficient (Wildman–Crippen LogP) is 5.02. The molecule has 0 heterocycles. The van der Waals surface area contributed by atoms with E-state index in [2.05, 4.69) is 6.58 Å². The number of ether oxygens (including phenoxy) is 2. The summed E-state index contributed by atoms with van der Waals surface area (Å²) in [7, 11) is 0. The van der Waals surface area contributed by atoms with E-state index < -0.39 is 24.6 Å². The van der Waals surface area contributed by atoms with Crippen LogP contribution in [0.4, 0.5) is 8.78 Å². The van der Waals surface area contributed by atoms with Gasteiger partial charge in [0, 0.05) is 13.2 Å². The second-order valence-corrected chi connectivity index (χ2v) is 7.08. The van der Waals surface area contributed by atoms with E-state index in [1.54, 1.807) is 0 Å². The lowest BCUT2D eigenvalue weighted by molar-refractivity contribution is -0.122. The zero-order chi connectivity index (χ0) is 16.7. The van der Waals surface area contributed by atoms with Crippen molar-refractivity contribution in [3.05, 3.63) is 12.7 Å². The van der Waals surface area contributed by atoms with E-state index in [0.717, 1.165) is 25.2 Å². The molecule has 0 N–H and O–H groups in total. The number of allylic oxidation sites excluding steroid dienone is 1. The van der Waals surface area contributed by atoms with Gasteiger partial charge >= 0.3 is 0 Å². The molecule has 2 rings (SSSR count). The molecule has 134 valence electrons. The highest BCUT2D eigenvalue weighted by molar-refractivity contribution is 4.90. The highest BCUT2D eigenvalue weighted by Crippen LogP contribution is 2.34. The molecule has 4 atom stereocenters. The third kappa shape index (κ3) is 5.53. The average Bonchev–Trinajstić information content (AvgIpc) is 2.57. The van der Waals surface area contributed by atoms with Gasteiger partial charge in [-0.1, -0.05) is 18.9 Å². The first-order valence-corrected chi connectivity index (χ1v) is 9.27. The van der Waals surface area contributed by atoms with Crippen LogP contribution in [-0.2, 0) is 9.47 Å². The van der Waals surface area contributed by atoms with Crippen molar-refractivity contribution in [1.82, 2.24) is 0 Å². The van der Waals surface area contributed by atoms with E-state index >= 15 is 0 Å². The Labute approximate surface area is 139 Å². The largest absolute Gasteiger partial charge is 0.375 e. The molecule has 2 fully saturated rings. The van der Waals surface area contributed by atoms with Gasteiger partial charge in [0.2, 0.25) is 0 Å². The Bertz CT molecular complexity index is 342. The fourth-order valence-corrected chi connectivity index (χ4v) is 3.92. The summed E-state index contributed by atoms with van der Waals surface area (Å²) in [6, 6.07) is 0. The standard InChI is InChI=1S/C19H32F2O2/c1-3-5-6-14-7-9-15(10-8-14)13-23-17-12-11-16(22-4-2)18(20)19(17)21/h3,14-19H,1,4-13H2,2H3. The van der Waals surface area contributed by atoms with Gasteiger partial charge < -0.3 is 9.47 Å². The van der Waals surface area contributed by atoms with Crippen LogP contribution in [0.25, 0.3) is 0 Å². The lowest BCUT2D eigenvalue weighted by Crippen LogP contribution is -2.47. The maximum absolute atomic E-state index is 14.2. The molecule has 0 aromatic rings. The number of hydrogen-bond donors (Lipinski definition) is 0. The van der Waals surface area contributed by atoms with Crippen molar-refractivity contribution in [3.63, 3.8) is 0 Å². The normalized spacial score (nSPS) is 38.4.